The predicted octanol–water partition coefficient (Wildman–Crippen LogP) is 11.0. The highest BCUT2D eigenvalue weighted by Gasteiger charge is 2.38. The number of benzene rings is 4. The highest BCUT2D eigenvalue weighted by molar-refractivity contribution is 7.15. The second-order valence-electron chi connectivity index (χ2n) is 16.7. The van der Waals surface area contributed by atoms with Gasteiger partial charge in [0.05, 0.1) is 21.8 Å². The van der Waals surface area contributed by atoms with Crippen molar-refractivity contribution in [1.29, 1.82) is 0 Å². The molecule has 2 N–H and O–H groups in total. The monoisotopic (exact) mass is 892 g/mol. The smallest absolute Gasteiger partial charge is 0.250 e. The summed E-state index contributed by atoms with van der Waals surface area (Å²) in [5.41, 5.74) is 5.90. The number of likely N-dealkylation sites (tertiary alicyclic amines) is 2. The summed E-state index contributed by atoms with van der Waals surface area (Å²) >= 11 is 3.24. The Kier molecular flexibility index (Phi) is 14.7. The van der Waals surface area contributed by atoms with Crippen molar-refractivity contribution in [2.45, 2.75) is 102 Å². The lowest BCUT2D eigenvalue weighted by atomic mass is 10.0. The highest BCUT2D eigenvalue weighted by atomic mass is 32.1. The molecule has 10 nitrogen and oxygen atoms in total. The third-order valence-electron chi connectivity index (χ3n) is 12.2. The molecule has 4 aromatic carbocycles. The molecule has 4 unspecified atom stereocenters. The van der Waals surface area contributed by atoms with Crippen molar-refractivity contribution in [3.8, 4) is 32.0 Å². The SMILES string of the molecule is CCCCC(=O)NC(C(=O)N1CCCC1c1ncc(-c2ccc(-c3ccc(-c4cnc(C5CCCN5C(=O)C(NC(=O)CCCC)c5ccccc5)s4)cc3)cc2)s1)c1ccccc1. The molecule has 2 fully saturated rings. The third-order valence-corrected chi connectivity index (χ3v) is 14.5. The molecule has 4 amide bonds. The summed E-state index contributed by atoms with van der Waals surface area (Å²) in [5.74, 6) is -0.392. The van der Waals surface area contributed by atoms with Gasteiger partial charge in [0.25, 0.3) is 0 Å². The highest BCUT2D eigenvalue weighted by Crippen LogP contribution is 2.41. The molecule has 0 bridgehead atoms. The Balaban J connectivity index is 0.918. The van der Waals surface area contributed by atoms with Crippen molar-refractivity contribution >= 4 is 46.3 Å². The number of rotatable bonds is 17. The van der Waals surface area contributed by atoms with Gasteiger partial charge in [0.2, 0.25) is 23.6 Å². The zero-order valence-corrected chi connectivity index (χ0v) is 38.2. The Morgan fingerprint density at radius 1 is 0.562 bits per heavy atom. The van der Waals surface area contributed by atoms with Crippen molar-refractivity contribution in [3.63, 3.8) is 0 Å². The van der Waals surface area contributed by atoms with Gasteiger partial charge in [-0.25, -0.2) is 9.97 Å². The fourth-order valence-electron chi connectivity index (χ4n) is 8.72. The first-order valence-corrected chi connectivity index (χ1v) is 24.4. The van der Waals surface area contributed by atoms with E-state index in [2.05, 4.69) is 73.0 Å². The van der Waals surface area contributed by atoms with Gasteiger partial charge in [-0.15, -0.1) is 22.7 Å². The summed E-state index contributed by atoms with van der Waals surface area (Å²) in [7, 11) is 0. The van der Waals surface area contributed by atoms with Crippen molar-refractivity contribution in [3.05, 3.63) is 143 Å². The number of thiazole rings is 2. The molecule has 2 aromatic heterocycles. The van der Waals surface area contributed by atoms with E-state index in [0.29, 0.717) is 25.9 Å². The van der Waals surface area contributed by atoms with Crippen LogP contribution in [0.2, 0.25) is 0 Å². The van der Waals surface area contributed by atoms with E-state index in [9.17, 15) is 19.2 Å². The second-order valence-corrected chi connectivity index (χ2v) is 18.8. The molecule has 2 saturated heterocycles. The lowest BCUT2D eigenvalue weighted by Crippen LogP contribution is -2.42. The molecule has 4 atom stereocenters. The minimum absolute atomic E-state index is 0.0909. The van der Waals surface area contributed by atoms with Gasteiger partial charge in [0.15, 0.2) is 0 Å². The number of carbonyl (C=O) groups is 4. The Labute approximate surface area is 384 Å². The maximum atomic E-state index is 14.2. The maximum absolute atomic E-state index is 14.2. The Morgan fingerprint density at radius 2 is 0.938 bits per heavy atom. The first-order valence-electron chi connectivity index (χ1n) is 22.7. The number of hydrogen-bond donors (Lipinski definition) is 2. The Hall–Kier alpha value is -5.98. The number of unbranched alkanes of at least 4 members (excludes halogenated alkanes) is 2. The summed E-state index contributed by atoms with van der Waals surface area (Å²) in [6.07, 6.45) is 11.4. The summed E-state index contributed by atoms with van der Waals surface area (Å²) in [6.45, 7) is 5.36. The normalized spacial score (nSPS) is 17.0. The predicted molar refractivity (Wildman–Crippen MR) is 255 cm³/mol. The topological polar surface area (TPSA) is 125 Å². The molecule has 64 heavy (non-hydrogen) atoms. The minimum Gasteiger partial charge on any atom is -0.341 e. The standard InChI is InChI=1S/C52H56N6O4S2/c1-3-5-21-45(59)55-47(39-15-9-7-10-16-39)51(61)57-31-13-19-41(57)49-53-33-43(63-49)37-27-23-35(24-28-37)36-25-29-38(30-26-36)44-34-54-50(64-44)42-20-14-32-58(42)52(62)48(40-17-11-8-12-18-40)56-46(60)22-6-4-2/h7-12,15-18,23-30,33-34,41-42,47-48H,3-6,13-14,19-22,31-32H2,1-2H3,(H,55,59)(H,56,60). The van der Waals surface area contributed by atoms with Crippen LogP contribution < -0.4 is 10.6 Å². The van der Waals surface area contributed by atoms with Gasteiger partial charge in [-0.2, -0.15) is 0 Å². The molecule has 2 aliphatic rings. The van der Waals surface area contributed by atoms with Crippen molar-refractivity contribution < 1.29 is 19.2 Å². The van der Waals surface area contributed by atoms with Gasteiger partial charge in [-0.05, 0) is 71.9 Å². The third kappa shape index (κ3) is 10.3. The van der Waals surface area contributed by atoms with Crippen LogP contribution in [0.4, 0.5) is 0 Å². The van der Waals surface area contributed by atoms with Gasteiger partial charge in [0, 0.05) is 38.3 Å². The van der Waals surface area contributed by atoms with E-state index in [1.807, 2.05) is 82.9 Å². The van der Waals surface area contributed by atoms with E-state index in [1.165, 1.54) is 0 Å². The number of aromatic nitrogens is 2. The lowest BCUT2D eigenvalue weighted by molar-refractivity contribution is -0.137. The quantitative estimate of drug-likeness (QED) is 0.0940. The molecular formula is C52H56N6O4S2. The second kappa shape index (κ2) is 21.1. The molecule has 0 radical (unpaired) electrons. The van der Waals surface area contributed by atoms with Crippen LogP contribution >= 0.6 is 22.7 Å². The molecule has 6 aromatic rings. The first-order chi connectivity index (χ1) is 31.3. The molecule has 330 valence electrons. The van der Waals surface area contributed by atoms with Gasteiger partial charge < -0.3 is 20.4 Å². The van der Waals surface area contributed by atoms with E-state index in [4.69, 9.17) is 9.97 Å². The molecular weight excluding hydrogens is 837 g/mol. The van der Waals surface area contributed by atoms with E-state index in [1.54, 1.807) is 22.7 Å². The van der Waals surface area contributed by atoms with Crippen LogP contribution in [0.1, 0.15) is 123 Å². The van der Waals surface area contributed by atoms with Crippen LogP contribution in [0.25, 0.3) is 32.0 Å². The summed E-state index contributed by atoms with van der Waals surface area (Å²) < 4.78 is 0. The van der Waals surface area contributed by atoms with Crippen LogP contribution in [0, 0.1) is 0 Å². The lowest BCUT2D eigenvalue weighted by Gasteiger charge is -2.28. The van der Waals surface area contributed by atoms with Gasteiger partial charge in [0.1, 0.15) is 22.1 Å². The average molecular weight is 893 g/mol. The fraction of sp³-hybridized carbons (Fsp3) is 0.346. The Bertz CT molecular complexity index is 2330. The summed E-state index contributed by atoms with van der Waals surface area (Å²) in [4.78, 5) is 69.6. The number of nitrogens with one attached hydrogen (secondary N) is 2. The average Bonchev–Trinajstić information content (AvgIpc) is 4.19. The van der Waals surface area contributed by atoms with Crippen molar-refractivity contribution in [2.24, 2.45) is 0 Å². The zero-order valence-electron chi connectivity index (χ0n) is 36.6. The van der Waals surface area contributed by atoms with Crippen LogP contribution in [0.5, 0.6) is 0 Å². The molecule has 8 rings (SSSR count). The van der Waals surface area contributed by atoms with Crippen LogP contribution in [0.3, 0.4) is 0 Å². The minimum atomic E-state index is -0.734. The van der Waals surface area contributed by atoms with E-state index in [0.717, 1.165) is 105 Å². The van der Waals surface area contributed by atoms with Crippen LogP contribution in [0.15, 0.2) is 122 Å². The van der Waals surface area contributed by atoms with Gasteiger partial charge in [-0.3, -0.25) is 19.2 Å². The maximum Gasteiger partial charge on any atom is 0.250 e. The van der Waals surface area contributed by atoms with Crippen LogP contribution in [-0.4, -0.2) is 56.5 Å². The molecule has 0 aliphatic carbocycles. The Morgan fingerprint density at radius 3 is 1.31 bits per heavy atom. The number of amides is 4. The molecule has 12 heteroatoms. The van der Waals surface area contributed by atoms with Crippen molar-refractivity contribution in [1.82, 2.24) is 30.4 Å². The molecule has 2 aliphatic heterocycles. The first kappa shape index (κ1) is 44.6. The molecule has 0 saturated carbocycles. The van der Waals surface area contributed by atoms with E-state index < -0.39 is 12.1 Å². The molecule has 4 heterocycles. The van der Waals surface area contributed by atoms with E-state index in [-0.39, 0.29) is 35.7 Å². The van der Waals surface area contributed by atoms with Crippen molar-refractivity contribution in [2.75, 3.05) is 13.1 Å². The van der Waals surface area contributed by atoms with E-state index >= 15 is 0 Å². The number of hydrogen-bond acceptors (Lipinski definition) is 8. The zero-order chi connectivity index (χ0) is 44.4. The number of carbonyl (C=O) groups excluding carboxylic acids is 4. The largest absolute Gasteiger partial charge is 0.341 e. The number of nitrogens with zero attached hydrogens (tertiary/aromatic N) is 4. The van der Waals surface area contributed by atoms with Gasteiger partial charge in [-0.1, -0.05) is 136 Å². The van der Waals surface area contributed by atoms with Gasteiger partial charge >= 0.3 is 0 Å². The fourth-order valence-corrected chi connectivity index (χ4v) is 10.9. The van der Waals surface area contributed by atoms with Crippen LogP contribution in [-0.2, 0) is 19.2 Å². The molecule has 0 spiro atoms. The summed E-state index contributed by atoms with van der Waals surface area (Å²) in [6, 6.07) is 34.3. The summed E-state index contributed by atoms with van der Waals surface area (Å²) in [5, 5.41) is 7.89.